The smallest absolute Gasteiger partial charge is 0.321 e. The van der Waals surface area contributed by atoms with Gasteiger partial charge in [0.25, 0.3) is 0 Å². The highest BCUT2D eigenvalue weighted by molar-refractivity contribution is 7.85. The van der Waals surface area contributed by atoms with E-state index >= 15 is 0 Å². The molecule has 2 atom stereocenters. The molecule has 1 aromatic carbocycles. The molecule has 2 aromatic rings. The van der Waals surface area contributed by atoms with Crippen molar-refractivity contribution in [3.63, 3.8) is 0 Å². The van der Waals surface area contributed by atoms with Gasteiger partial charge in [0.05, 0.1) is 0 Å². The number of nitrogens with one attached hydrogen (secondary N) is 1. The SMILES string of the molecule is CN1CC=C(c2ccc(S(=O)NC(Cc3ccccc3)C(=O)O)s2)CC1. The van der Waals surface area contributed by atoms with Crippen LogP contribution in [0.5, 0.6) is 0 Å². The minimum atomic E-state index is -1.55. The fourth-order valence-electron chi connectivity index (χ4n) is 2.80. The molecular weight excluding hydrogens is 368 g/mol. The Morgan fingerprint density at radius 2 is 2.08 bits per heavy atom. The first kappa shape index (κ1) is 19.0. The predicted octanol–water partition coefficient (Wildman–Crippen LogP) is 2.78. The first-order chi connectivity index (χ1) is 12.5. The Bertz CT molecular complexity index is 817. The third-order valence-corrected chi connectivity index (χ3v) is 6.98. The zero-order valence-corrected chi connectivity index (χ0v) is 16.2. The Morgan fingerprint density at radius 1 is 1.31 bits per heavy atom. The van der Waals surface area contributed by atoms with Crippen LogP contribution in [-0.2, 0) is 22.2 Å². The van der Waals surface area contributed by atoms with Gasteiger partial charge in [-0.15, -0.1) is 11.3 Å². The second-order valence-electron chi connectivity index (χ2n) is 6.33. The van der Waals surface area contributed by atoms with Crippen LogP contribution in [-0.4, -0.2) is 46.4 Å². The average molecular weight is 391 g/mol. The van der Waals surface area contributed by atoms with E-state index in [1.807, 2.05) is 42.5 Å². The lowest BCUT2D eigenvalue weighted by Gasteiger charge is -2.21. The fraction of sp³-hybridized carbons (Fsp3) is 0.316. The van der Waals surface area contributed by atoms with Crippen LogP contribution in [0.2, 0.25) is 0 Å². The Morgan fingerprint density at radius 3 is 2.73 bits per heavy atom. The van der Waals surface area contributed by atoms with E-state index in [2.05, 4.69) is 22.7 Å². The number of thiophene rings is 1. The van der Waals surface area contributed by atoms with Gasteiger partial charge in [-0.05, 0) is 43.2 Å². The van der Waals surface area contributed by atoms with Gasteiger partial charge in [-0.2, -0.15) is 0 Å². The first-order valence-electron chi connectivity index (χ1n) is 8.45. The molecular formula is C19H22N2O3S2. The summed E-state index contributed by atoms with van der Waals surface area (Å²) in [5.74, 6) is -1.00. The van der Waals surface area contributed by atoms with Gasteiger partial charge < -0.3 is 10.0 Å². The van der Waals surface area contributed by atoms with Crippen molar-refractivity contribution in [1.82, 2.24) is 9.62 Å². The summed E-state index contributed by atoms with van der Waals surface area (Å²) < 4.78 is 16.0. The van der Waals surface area contributed by atoms with Crippen LogP contribution >= 0.6 is 11.3 Å². The van der Waals surface area contributed by atoms with E-state index < -0.39 is 23.0 Å². The third-order valence-electron chi connectivity index (χ3n) is 4.32. The molecule has 2 N–H and O–H groups in total. The summed E-state index contributed by atoms with van der Waals surface area (Å²) in [6.45, 7) is 1.93. The maximum absolute atomic E-state index is 12.6. The van der Waals surface area contributed by atoms with Gasteiger partial charge in [0, 0.05) is 18.0 Å². The lowest BCUT2D eigenvalue weighted by Crippen LogP contribution is -2.39. The molecule has 2 unspecified atom stereocenters. The van der Waals surface area contributed by atoms with Crippen molar-refractivity contribution in [2.24, 2.45) is 0 Å². The lowest BCUT2D eigenvalue weighted by molar-refractivity contribution is -0.138. The summed E-state index contributed by atoms with van der Waals surface area (Å²) in [6.07, 6.45) is 3.46. The number of carboxylic acids is 1. The van der Waals surface area contributed by atoms with Gasteiger partial charge >= 0.3 is 5.97 Å². The Hall–Kier alpha value is -1.80. The molecule has 0 fully saturated rings. The van der Waals surface area contributed by atoms with Crippen LogP contribution in [0.1, 0.15) is 16.9 Å². The number of hydrogen-bond donors (Lipinski definition) is 2. The molecule has 1 aliphatic rings. The quantitative estimate of drug-likeness (QED) is 0.763. The molecule has 0 amide bonds. The van der Waals surface area contributed by atoms with Crippen molar-refractivity contribution in [3.05, 3.63) is 59.0 Å². The third kappa shape index (κ3) is 4.88. The maximum Gasteiger partial charge on any atom is 0.321 e. The minimum Gasteiger partial charge on any atom is -0.480 e. The highest BCUT2D eigenvalue weighted by Gasteiger charge is 2.22. The van der Waals surface area contributed by atoms with Gasteiger partial charge in [-0.1, -0.05) is 36.4 Å². The van der Waals surface area contributed by atoms with Gasteiger partial charge in [0.2, 0.25) is 0 Å². The molecule has 1 aliphatic heterocycles. The summed E-state index contributed by atoms with van der Waals surface area (Å²) in [4.78, 5) is 14.9. The largest absolute Gasteiger partial charge is 0.480 e. The molecule has 7 heteroatoms. The number of carbonyl (C=O) groups is 1. The van der Waals surface area contributed by atoms with E-state index in [0.29, 0.717) is 4.21 Å². The Balaban J connectivity index is 1.67. The molecule has 26 heavy (non-hydrogen) atoms. The molecule has 0 spiro atoms. The van der Waals surface area contributed by atoms with Crippen molar-refractivity contribution in [3.8, 4) is 0 Å². The number of hydrogen-bond acceptors (Lipinski definition) is 4. The molecule has 1 aromatic heterocycles. The van der Waals surface area contributed by atoms with Crippen LogP contribution in [0, 0.1) is 0 Å². The summed E-state index contributed by atoms with van der Waals surface area (Å²) in [5.41, 5.74) is 2.17. The monoisotopic (exact) mass is 390 g/mol. The van der Waals surface area contributed by atoms with Gasteiger partial charge in [0.15, 0.2) is 0 Å². The van der Waals surface area contributed by atoms with E-state index in [1.54, 1.807) is 0 Å². The number of carboxylic acid groups (broad SMARTS) is 1. The second-order valence-corrected chi connectivity index (χ2v) is 8.88. The van der Waals surface area contributed by atoms with Crippen LogP contribution in [0.3, 0.4) is 0 Å². The van der Waals surface area contributed by atoms with E-state index in [9.17, 15) is 14.1 Å². The van der Waals surface area contributed by atoms with Crippen LogP contribution < -0.4 is 4.72 Å². The fourth-order valence-corrected chi connectivity index (χ4v) is 5.08. The molecule has 0 bridgehead atoms. The second kappa shape index (κ2) is 8.73. The zero-order chi connectivity index (χ0) is 18.5. The highest BCUT2D eigenvalue weighted by Crippen LogP contribution is 2.30. The van der Waals surface area contributed by atoms with Crippen molar-refractivity contribution in [2.45, 2.75) is 23.1 Å². The van der Waals surface area contributed by atoms with E-state index in [0.717, 1.165) is 30.0 Å². The Kier molecular flexibility index (Phi) is 6.37. The number of likely N-dealkylation sites (N-methyl/N-ethyl adjacent to an activating group) is 1. The number of rotatable bonds is 7. The highest BCUT2D eigenvalue weighted by atomic mass is 32.2. The van der Waals surface area contributed by atoms with Gasteiger partial charge in [0.1, 0.15) is 21.2 Å². The predicted molar refractivity (Wildman–Crippen MR) is 106 cm³/mol. The van der Waals surface area contributed by atoms with Crippen molar-refractivity contribution >= 4 is 33.9 Å². The molecule has 0 saturated carbocycles. The number of benzene rings is 1. The van der Waals surface area contributed by atoms with Crippen LogP contribution in [0.4, 0.5) is 0 Å². The number of aliphatic carboxylic acids is 1. The normalized spacial score (nSPS) is 17.5. The van der Waals surface area contributed by atoms with Gasteiger partial charge in [-0.3, -0.25) is 4.79 Å². The molecule has 0 aliphatic carbocycles. The van der Waals surface area contributed by atoms with Crippen molar-refractivity contribution in [1.29, 1.82) is 0 Å². The topological polar surface area (TPSA) is 69.6 Å². The lowest BCUT2D eigenvalue weighted by atomic mass is 10.1. The van der Waals surface area contributed by atoms with Crippen LogP contribution in [0.15, 0.2) is 52.7 Å². The molecule has 5 nitrogen and oxygen atoms in total. The summed E-state index contributed by atoms with van der Waals surface area (Å²) >= 11 is 1.47. The van der Waals surface area contributed by atoms with Crippen molar-refractivity contribution < 1.29 is 14.1 Å². The molecule has 3 rings (SSSR count). The van der Waals surface area contributed by atoms with Crippen molar-refractivity contribution in [2.75, 3.05) is 20.1 Å². The summed E-state index contributed by atoms with van der Waals surface area (Å²) in [6, 6.07) is 12.3. The summed E-state index contributed by atoms with van der Waals surface area (Å²) in [7, 11) is 0.540. The summed E-state index contributed by atoms with van der Waals surface area (Å²) in [5, 5.41) is 9.46. The van der Waals surface area contributed by atoms with Gasteiger partial charge in [-0.25, -0.2) is 8.93 Å². The van der Waals surface area contributed by atoms with Crippen LogP contribution in [0.25, 0.3) is 5.57 Å². The minimum absolute atomic E-state index is 0.289. The van der Waals surface area contributed by atoms with E-state index in [-0.39, 0.29) is 6.42 Å². The average Bonchev–Trinajstić information content (AvgIpc) is 3.13. The Labute approximate surface area is 159 Å². The number of nitrogens with zero attached hydrogens (tertiary/aromatic N) is 1. The zero-order valence-electron chi connectivity index (χ0n) is 14.6. The molecule has 0 saturated heterocycles. The molecule has 0 radical (unpaired) electrons. The first-order valence-corrected chi connectivity index (χ1v) is 10.4. The van der Waals surface area contributed by atoms with E-state index in [4.69, 9.17) is 0 Å². The van der Waals surface area contributed by atoms with E-state index in [1.165, 1.54) is 16.9 Å². The standard InChI is InChI=1S/C19H22N2O3S2/c1-21-11-9-15(10-12-21)17-7-8-18(25-17)26(24)20-16(19(22)23)13-14-5-3-2-4-6-14/h2-9,16,20H,10-13H2,1H3,(H,22,23). The molecule has 2 heterocycles. The maximum atomic E-state index is 12.6. The molecule has 138 valence electrons.